The van der Waals surface area contributed by atoms with Crippen LogP contribution in [0, 0.1) is 5.41 Å². The zero-order chi connectivity index (χ0) is 10.0. The molecule has 1 aliphatic rings. The van der Waals surface area contributed by atoms with E-state index < -0.39 is 0 Å². The number of carbonyl (C=O) groups is 2. The Morgan fingerprint density at radius 2 is 2.15 bits per heavy atom. The van der Waals surface area contributed by atoms with E-state index >= 15 is 0 Å². The van der Waals surface area contributed by atoms with Crippen molar-refractivity contribution in [3.05, 3.63) is 11.1 Å². The summed E-state index contributed by atoms with van der Waals surface area (Å²) in [5, 5.41) is 10.1. The molecule has 70 valence electrons. The Bertz CT molecular complexity index is 316. The van der Waals surface area contributed by atoms with E-state index in [2.05, 4.69) is 5.32 Å². The molecule has 0 saturated heterocycles. The lowest BCUT2D eigenvalue weighted by Crippen LogP contribution is -2.33. The van der Waals surface area contributed by atoms with Gasteiger partial charge in [-0.2, -0.15) is 0 Å². The van der Waals surface area contributed by atoms with Crippen molar-refractivity contribution in [3.8, 4) is 0 Å². The van der Waals surface area contributed by atoms with Crippen LogP contribution in [0.3, 0.4) is 0 Å². The Hall–Kier alpha value is -1.45. The Balaban J connectivity index is 3.02. The molecule has 1 aliphatic heterocycles. The highest BCUT2D eigenvalue weighted by atomic mass is 16.1. The van der Waals surface area contributed by atoms with E-state index in [1.165, 1.54) is 6.92 Å². The van der Waals surface area contributed by atoms with Crippen LogP contribution in [0.1, 0.15) is 20.3 Å². The molecule has 2 N–H and O–H groups in total. The molecule has 1 rings (SSSR count). The van der Waals surface area contributed by atoms with Crippen molar-refractivity contribution in [3.63, 3.8) is 0 Å². The second-order valence-electron chi connectivity index (χ2n) is 3.04. The maximum absolute atomic E-state index is 11.2. The lowest BCUT2D eigenvalue weighted by atomic mass is 9.96. The quantitative estimate of drug-likeness (QED) is 0.605. The molecule has 1 amide bonds. The summed E-state index contributed by atoms with van der Waals surface area (Å²) in [6.07, 6.45) is 0.579. The van der Waals surface area contributed by atoms with E-state index in [0.29, 0.717) is 24.1 Å². The summed E-state index contributed by atoms with van der Waals surface area (Å²) >= 11 is 0. The molecule has 0 aliphatic carbocycles. The molecule has 4 nitrogen and oxygen atoms in total. The third-order valence-corrected chi connectivity index (χ3v) is 2.11. The maximum atomic E-state index is 11.2. The van der Waals surface area contributed by atoms with Gasteiger partial charge in [0.1, 0.15) is 5.71 Å². The topological polar surface area (TPSA) is 70.0 Å². The fourth-order valence-corrected chi connectivity index (χ4v) is 1.28. The van der Waals surface area contributed by atoms with Gasteiger partial charge in [0.15, 0.2) is 5.78 Å². The third-order valence-electron chi connectivity index (χ3n) is 2.11. The summed E-state index contributed by atoms with van der Waals surface area (Å²) in [4.78, 5) is 22.1. The summed E-state index contributed by atoms with van der Waals surface area (Å²) in [6.45, 7) is 3.50. The number of Topliss-reactive ketones (excluding diaryl/α,β-unsaturated/α-hetero) is 1. The van der Waals surface area contributed by atoms with Gasteiger partial charge in [0, 0.05) is 19.0 Å². The van der Waals surface area contributed by atoms with E-state index in [1.54, 1.807) is 6.92 Å². The molecular weight excluding hydrogens is 168 g/mol. The van der Waals surface area contributed by atoms with E-state index in [0.717, 1.165) is 0 Å². The average molecular weight is 180 g/mol. The molecular formula is C9H12N2O2. The van der Waals surface area contributed by atoms with Gasteiger partial charge in [-0.1, -0.05) is 0 Å². The molecule has 0 aromatic heterocycles. The Labute approximate surface area is 76.5 Å². The first kappa shape index (κ1) is 9.64. The number of rotatable bonds is 2. The summed E-state index contributed by atoms with van der Waals surface area (Å²) in [7, 11) is 0. The number of hydrogen-bond donors (Lipinski definition) is 2. The number of ketones is 1. The van der Waals surface area contributed by atoms with Crippen molar-refractivity contribution in [2.45, 2.75) is 20.3 Å². The summed E-state index contributed by atoms with van der Waals surface area (Å²) in [5.41, 5.74) is 1.04. The Morgan fingerprint density at radius 3 is 2.69 bits per heavy atom. The van der Waals surface area contributed by atoms with Crippen molar-refractivity contribution in [2.75, 3.05) is 6.54 Å². The van der Waals surface area contributed by atoms with Crippen LogP contribution >= 0.6 is 0 Å². The van der Waals surface area contributed by atoms with E-state index in [-0.39, 0.29) is 17.4 Å². The zero-order valence-electron chi connectivity index (χ0n) is 7.73. The Morgan fingerprint density at radius 1 is 1.54 bits per heavy atom. The van der Waals surface area contributed by atoms with Gasteiger partial charge in [0.2, 0.25) is 5.91 Å². The normalized spacial score (nSPS) is 16.9. The highest BCUT2D eigenvalue weighted by molar-refractivity contribution is 6.45. The summed E-state index contributed by atoms with van der Waals surface area (Å²) < 4.78 is 0. The van der Waals surface area contributed by atoms with Gasteiger partial charge in [-0.3, -0.25) is 15.0 Å². The lowest BCUT2D eigenvalue weighted by molar-refractivity contribution is -0.117. The molecule has 4 heteroatoms. The molecule has 0 aromatic carbocycles. The molecule has 0 atom stereocenters. The van der Waals surface area contributed by atoms with Crippen LogP contribution in [-0.4, -0.2) is 23.9 Å². The standard InChI is InChI=1S/C9H12N2O2/c1-5-7(8(10)6(2)12)3-4-11-9(5)13/h10H,3-4H2,1-2H3,(H,11,13). The van der Waals surface area contributed by atoms with Crippen molar-refractivity contribution in [1.82, 2.24) is 5.32 Å². The minimum Gasteiger partial charge on any atom is -0.352 e. The van der Waals surface area contributed by atoms with Gasteiger partial charge >= 0.3 is 0 Å². The molecule has 0 aromatic rings. The molecule has 0 spiro atoms. The van der Waals surface area contributed by atoms with Gasteiger partial charge in [-0.25, -0.2) is 0 Å². The second-order valence-corrected chi connectivity index (χ2v) is 3.04. The van der Waals surface area contributed by atoms with Gasteiger partial charge in [-0.05, 0) is 18.9 Å². The number of hydrogen-bond acceptors (Lipinski definition) is 3. The van der Waals surface area contributed by atoms with Crippen LogP contribution in [0.4, 0.5) is 0 Å². The van der Waals surface area contributed by atoms with Crippen molar-refractivity contribution in [2.24, 2.45) is 0 Å². The largest absolute Gasteiger partial charge is 0.352 e. The van der Waals surface area contributed by atoms with Crippen molar-refractivity contribution in [1.29, 1.82) is 5.41 Å². The highest BCUT2D eigenvalue weighted by Crippen LogP contribution is 2.14. The lowest BCUT2D eigenvalue weighted by Gasteiger charge is -2.17. The minimum absolute atomic E-state index is 0.0349. The third kappa shape index (κ3) is 1.83. The smallest absolute Gasteiger partial charge is 0.247 e. The van der Waals surface area contributed by atoms with E-state index in [4.69, 9.17) is 5.41 Å². The SMILES string of the molecule is CC(=O)C(=N)C1=C(C)C(=O)NCC1. The number of carbonyl (C=O) groups excluding carboxylic acids is 2. The summed E-state index contributed by atoms with van der Waals surface area (Å²) in [5.74, 6) is -0.462. The van der Waals surface area contributed by atoms with Gasteiger partial charge < -0.3 is 5.32 Å². The molecule has 0 saturated carbocycles. The van der Waals surface area contributed by atoms with E-state index in [9.17, 15) is 9.59 Å². The van der Waals surface area contributed by atoms with E-state index in [1.807, 2.05) is 0 Å². The van der Waals surface area contributed by atoms with Gasteiger partial charge in [-0.15, -0.1) is 0 Å². The van der Waals surface area contributed by atoms with Crippen LogP contribution < -0.4 is 5.32 Å². The Kier molecular flexibility index (Phi) is 2.60. The minimum atomic E-state index is -0.288. The average Bonchev–Trinajstić information content (AvgIpc) is 2.08. The first-order valence-electron chi connectivity index (χ1n) is 4.12. The molecule has 0 unspecified atom stereocenters. The molecule has 0 fully saturated rings. The number of amides is 1. The maximum Gasteiger partial charge on any atom is 0.247 e. The summed E-state index contributed by atoms with van der Waals surface area (Å²) in [6, 6.07) is 0. The van der Waals surface area contributed by atoms with Gasteiger partial charge in [0.25, 0.3) is 0 Å². The highest BCUT2D eigenvalue weighted by Gasteiger charge is 2.20. The van der Waals surface area contributed by atoms with Crippen LogP contribution in [0.15, 0.2) is 11.1 Å². The fraction of sp³-hybridized carbons (Fsp3) is 0.444. The molecule has 0 radical (unpaired) electrons. The fourth-order valence-electron chi connectivity index (χ4n) is 1.28. The van der Waals surface area contributed by atoms with Crippen molar-refractivity contribution >= 4 is 17.4 Å². The predicted octanol–water partition coefficient (Wildman–Crippen LogP) is 0.432. The molecule has 0 bridgehead atoms. The molecule has 13 heavy (non-hydrogen) atoms. The first-order chi connectivity index (χ1) is 6.04. The zero-order valence-corrected chi connectivity index (χ0v) is 7.73. The monoisotopic (exact) mass is 180 g/mol. The first-order valence-corrected chi connectivity index (χ1v) is 4.12. The van der Waals surface area contributed by atoms with Crippen LogP contribution in [0.25, 0.3) is 0 Å². The second kappa shape index (κ2) is 3.51. The van der Waals surface area contributed by atoms with Gasteiger partial charge in [0.05, 0.1) is 0 Å². The van der Waals surface area contributed by atoms with Crippen LogP contribution in [0.2, 0.25) is 0 Å². The predicted molar refractivity (Wildman–Crippen MR) is 48.7 cm³/mol. The molecule has 1 heterocycles. The van der Waals surface area contributed by atoms with Crippen LogP contribution in [0.5, 0.6) is 0 Å². The van der Waals surface area contributed by atoms with Crippen molar-refractivity contribution < 1.29 is 9.59 Å². The van der Waals surface area contributed by atoms with Crippen LogP contribution in [-0.2, 0) is 9.59 Å². The number of nitrogens with one attached hydrogen (secondary N) is 2.